The maximum atomic E-state index is 13.0. The predicted molar refractivity (Wildman–Crippen MR) is 100 cm³/mol. The van der Waals surface area contributed by atoms with Crippen LogP contribution < -0.4 is 5.32 Å². The number of aromatic amines is 1. The standard InChI is InChI=1S/C20H22N6O/c27-20(18(15-8-4-5-9-15)14-6-2-1-3-7-14)23-13-17-24-19(26-25-17)16-12-21-10-11-22-16/h1-3,6-7,10-12,15,18H,4-5,8-9,13H2,(H,23,27)(H,24,25,26)/t18-/m1/s1. The molecule has 1 amide bonds. The number of H-pyrrole nitrogens is 1. The number of nitrogens with zero attached hydrogens (tertiary/aromatic N) is 4. The molecule has 7 heteroatoms. The van der Waals surface area contributed by atoms with Crippen molar-refractivity contribution in [1.29, 1.82) is 0 Å². The third-order valence-electron chi connectivity index (χ3n) is 5.07. The lowest BCUT2D eigenvalue weighted by atomic mass is 9.84. The molecule has 138 valence electrons. The Balaban J connectivity index is 1.45. The highest BCUT2D eigenvalue weighted by atomic mass is 16.1. The van der Waals surface area contributed by atoms with Crippen molar-refractivity contribution in [3.8, 4) is 11.5 Å². The number of rotatable bonds is 6. The molecular formula is C20H22N6O. The van der Waals surface area contributed by atoms with E-state index < -0.39 is 0 Å². The molecule has 0 unspecified atom stereocenters. The first-order valence-corrected chi connectivity index (χ1v) is 9.31. The van der Waals surface area contributed by atoms with Gasteiger partial charge in [-0.2, -0.15) is 5.10 Å². The number of aromatic nitrogens is 5. The summed E-state index contributed by atoms with van der Waals surface area (Å²) in [5.41, 5.74) is 1.68. The minimum atomic E-state index is -0.115. The molecule has 3 aromatic rings. The second kappa shape index (κ2) is 8.07. The normalized spacial score (nSPS) is 15.6. The zero-order valence-corrected chi connectivity index (χ0v) is 15.0. The molecule has 1 aliphatic carbocycles. The van der Waals surface area contributed by atoms with Crippen LogP contribution in [-0.2, 0) is 11.3 Å². The maximum absolute atomic E-state index is 13.0. The van der Waals surface area contributed by atoms with Crippen molar-refractivity contribution in [2.45, 2.75) is 38.1 Å². The van der Waals surface area contributed by atoms with Gasteiger partial charge < -0.3 is 5.32 Å². The van der Waals surface area contributed by atoms with Crippen LogP contribution in [0.4, 0.5) is 0 Å². The van der Waals surface area contributed by atoms with Gasteiger partial charge in [0, 0.05) is 12.4 Å². The number of benzene rings is 1. The lowest BCUT2D eigenvalue weighted by molar-refractivity contribution is -0.124. The first kappa shape index (κ1) is 17.3. The summed E-state index contributed by atoms with van der Waals surface area (Å²) in [6.45, 7) is 0.308. The van der Waals surface area contributed by atoms with Gasteiger partial charge in [-0.05, 0) is 24.3 Å². The number of hydrogen-bond donors (Lipinski definition) is 2. The highest BCUT2D eigenvalue weighted by Gasteiger charge is 2.31. The molecule has 0 saturated heterocycles. The van der Waals surface area contributed by atoms with Crippen molar-refractivity contribution in [2.24, 2.45) is 5.92 Å². The van der Waals surface area contributed by atoms with Gasteiger partial charge in [-0.15, -0.1) is 0 Å². The van der Waals surface area contributed by atoms with Crippen molar-refractivity contribution in [3.63, 3.8) is 0 Å². The molecule has 0 radical (unpaired) electrons. The Kier molecular flexibility index (Phi) is 5.18. The minimum Gasteiger partial charge on any atom is -0.348 e. The van der Waals surface area contributed by atoms with Crippen LogP contribution >= 0.6 is 0 Å². The third-order valence-corrected chi connectivity index (χ3v) is 5.07. The summed E-state index contributed by atoms with van der Waals surface area (Å²) in [7, 11) is 0. The number of nitrogens with one attached hydrogen (secondary N) is 2. The molecule has 0 aliphatic heterocycles. The lowest BCUT2D eigenvalue weighted by Gasteiger charge is -2.23. The van der Waals surface area contributed by atoms with E-state index in [0.29, 0.717) is 29.8 Å². The molecule has 7 nitrogen and oxygen atoms in total. The first-order valence-electron chi connectivity index (χ1n) is 9.31. The highest BCUT2D eigenvalue weighted by molar-refractivity contribution is 5.84. The molecule has 1 atom stereocenters. The molecule has 0 spiro atoms. The quantitative estimate of drug-likeness (QED) is 0.703. The van der Waals surface area contributed by atoms with Crippen LogP contribution in [-0.4, -0.2) is 31.1 Å². The van der Waals surface area contributed by atoms with Gasteiger partial charge in [-0.1, -0.05) is 43.2 Å². The van der Waals surface area contributed by atoms with Crippen molar-refractivity contribution >= 4 is 5.91 Å². The zero-order chi connectivity index (χ0) is 18.5. The van der Waals surface area contributed by atoms with E-state index >= 15 is 0 Å². The molecular weight excluding hydrogens is 340 g/mol. The van der Waals surface area contributed by atoms with Crippen LogP contribution in [0.25, 0.3) is 11.5 Å². The summed E-state index contributed by atoms with van der Waals surface area (Å²) >= 11 is 0. The smallest absolute Gasteiger partial charge is 0.228 e. The van der Waals surface area contributed by atoms with E-state index in [9.17, 15) is 4.79 Å². The van der Waals surface area contributed by atoms with Gasteiger partial charge in [0.2, 0.25) is 11.7 Å². The van der Waals surface area contributed by atoms with Crippen LogP contribution in [0.2, 0.25) is 0 Å². The maximum Gasteiger partial charge on any atom is 0.228 e. The summed E-state index contributed by atoms with van der Waals surface area (Å²) in [5.74, 6) is 1.41. The fourth-order valence-corrected chi connectivity index (χ4v) is 3.77. The van der Waals surface area contributed by atoms with E-state index in [1.165, 1.54) is 12.8 Å². The van der Waals surface area contributed by atoms with Crippen LogP contribution in [0.1, 0.15) is 43.0 Å². The number of carbonyl (C=O) groups is 1. The van der Waals surface area contributed by atoms with Gasteiger partial charge in [-0.3, -0.25) is 14.9 Å². The molecule has 0 bridgehead atoms. The van der Waals surface area contributed by atoms with E-state index in [1.807, 2.05) is 30.3 Å². The number of carbonyl (C=O) groups excluding carboxylic acids is 1. The van der Waals surface area contributed by atoms with Gasteiger partial charge in [0.15, 0.2) is 0 Å². The molecule has 2 aromatic heterocycles. The molecule has 1 saturated carbocycles. The Morgan fingerprint density at radius 2 is 2.00 bits per heavy atom. The summed E-state index contributed by atoms with van der Waals surface area (Å²) in [6.07, 6.45) is 9.41. The molecule has 1 aromatic carbocycles. The average molecular weight is 362 g/mol. The second-order valence-electron chi connectivity index (χ2n) is 6.85. The molecule has 27 heavy (non-hydrogen) atoms. The Labute approximate surface area is 157 Å². The van der Waals surface area contributed by atoms with E-state index in [1.54, 1.807) is 18.6 Å². The molecule has 1 aliphatic rings. The van der Waals surface area contributed by atoms with Gasteiger partial charge in [-0.25, -0.2) is 9.97 Å². The van der Waals surface area contributed by atoms with Crippen LogP contribution in [0, 0.1) is 5.92 Å². The number of amides is 1. The van der Waals surface area contributed by atoms with Crippen molar-refractivity contribution < 1.29 is 4.79 Å². The molecule has 4 rings (SSSR count). The molecule has 2 heterocycles. The summed E-state index contributed by atoms with van der Waals surface area (Å²) in [5, 5.41) is 10.0. The number of hydrogen-bond acceptors (Lipinski definition) is 5. The largest absolute Gasteiger partial charge is 0.348 e. The topological polar surface area (TPSA) is 96.5 Å². The Bertz CT molecular complexity index is 874. The predicted octanol–water partition coefficient (Wildman–Crippen LogP) is 2.85. The first-order chi connectivity index (χ1) is 13.3. The summed E-state index contributed by atoms with van der Waals surface area (Å²) < 4.78 is 0. The highest BCUT2D eigenvalue weighted by Crippen LogP contribution is 2.37. The van der Waals surface area contributed by atoms with Crippen LogP contribution in [0.3, 0.4) is 0 Å². The van der Waals surface area contributed by atoms with E-state index in [4.69, 9.17) is 0 Å². The Morgan fingerprint density at radius 3 is 2.74 bits per heavy atom. The lowest BCUT2D eigenvalue weighted by Crippen LogP contribution is -2.32. The Morgan fingerprint density at radius 1 is 1.19 bits per heavy atom. The van der Waals surface area contributed by atoms with Gasteiger partial charge in [0.1, 0.15) is 11.5 Å². The van der Waals surface area contributed by atoms with Gasteiger partial charge in [0.25, 0.3) is 0 Å². The van der Waals surface area contributed by atoms with Crippen molar-refractivity contribution in [3.05, 3.63) is 60.3 Å². The van der Waals surface area contributed by atoms with Gasteiger partial charge in [0.05, 0.1) is 18.7 Å². The Hall–Kier alpha value is -3.09. The minimum absolute atomic E-state index is 0.0468. The summed E-state index contributed by atoms with van der Waals surface area (Å²) in [4.78, 5) is 25.6. The third kappa shape index (κ3) is 4.02. The van der Waals surface area contributed by atoms with Crippen LogP contribution in [0.5, 0.6) is 0 Å². The fraction of sp³-hybridized carbons (Fsp3) is 0.350. The van der Waals surface area contributed by atoms with Crippen molar-refractivity contribution in [2.75, 3.05) is 0 Å². The fourth-order valence-electron chi connectivity index (χ4n) is 3.77. The van der Waals surface area contributed by atoms with Gasteiger partial charge >= 0.3 is 0 Å². The monoisotopic (exact) mass is 362 g/mol. The molecule has 2 N–H and O–H groups in total. The SMILES string of the molecule is O=C(NCc1nc(-c2cnccn2)n[nH]1)[C@H](c1ccccc1)C1CCCC1. The average Bonchev–Trinajstić information content (AvgIpc) is 3.41. The molecule has 1 fully saturated rings. The summed E-state index contributed by atoms with van der Waals surface area (Å²) in [6, 6.07) is 10.1. The van der Waals surface area contributed by atoms with Crippen molar-refractivity contribution in [1.82, 2.24) is 30.5 Å². The van der Waals surface area contributed by atoms with Crippen LogP contribution in [0.15, 0.2) is 48.9 Å². The van der Waals surface area contributed by atoms with E-state index in [-0.39, 0.29) is 11.8 Å². The second-order valence-corrected chi connectivity index (χ2v) is 6.85. The van der Waals surface area contributed by atoms with E-state index in [0.717, 1.165) is 18.4 Å². The zero-order valence-electron chi connectivity index (χ0n) is 15.0. The van der Waals surface area contributed by atoms with E-state index in [2.05, 4.69) is 30.5 Å².